The van der Waals surface area contributed by atoms with E-state index in [0.29, 0.717) is 5.56 Å². The van der Waals surface area contributed by atoms with Gasteiger partial charge in [0.2, 0.25) is 0 Å². The minimum Gasteiger partial charge on any atom is -0.460 e. The van der Waals surface area contributed by atoms with Gasteiger partial charge in [-0.15, -0.1) is 0 Å². The second kappa shape index (κ2) is 6.03. The molecule has 0 aliphatic heterocycles. The molecule has 0 aliphatic rings. The summed E-state index contributed by atoms with van der Waals surface area (Å²) in [5.41, 5.74) is 0.775. The Morgan fingerprint density at radius 2 is 1.95 bits per heavy atom. The first-order valence-electron chi connectivity index (χ1n) is 6.57. The molecule has 0 fully saturated rings. The smallest absolute Gasteiger partial charge is 0.311 e. The van der Waals surface area contributed by atoms with E-state index in [1.165, 1.54) is 6.07 Å². The van der Waals surface area contributed by atoms with Crippen LogP contribution in [-0.4, -0.2) is 10.9 Å². The van der Waals surface area contributed by atoms with Gasteiger partial charge >= 0.3 is 5.97 Å². The van der Waals surface area contributed by atoms with Crippen molar-refractivity contribution in [1.29, 1.82) is 0 Å². The standard InChI is InChI=1S/C15H21NO4/c1-10(2)11-6-7-13(16(18)19)12(8-11)9-20-14(17)15(3,4)5/h6-8,10H,9H2,1-5H3. The molecule has 0 aromatic heterocycles. The Balaban J connectivity index is 2.99. The van der Waals surface area contributed by atoms with E-state index < -0.39 is 10.3 Å². The van der Waals surface area contributed by atoms with Crippen LogP contribution in [0.5, 0.6) is 0 Å². The topological polar surface area (TPSA) is 69.4 Å². The summed E-state index contributed by atoms with van der Waals surface area (Å²) >= 11 is 0. The molecule has 1 aromatic rings. The van der Waals surface area contributed by atoms with E-state index in [0.717, 1.165) is 5.56 Å². The van der Waals surface area contributed by atoms with Gasteiger partial charge in [-0.05, 0) is 38.3 Å². The summed E-state index contributed by atoms with van der Waals surface area (Å²) < 4.78 is 5.17. The van der Waals surface area contributed by atoms with Crippen molar-refractivity contribution in [2.24, 2.45) is 5.41 Å². The minimum atomic E-state index is -0.621. The van der Waals surface area contributed by atoms with Crippen LogP contribution in [0.4, 0.5) is 5.69 Å². The van der Waals surface area contributed by atoms with Crippen molar-refractivity contribution in [2.75, 3.05) is 0 Å². The highest BCUT2D eigenvalue weighted by atomic mass is 16.6. The normalized spacial score (nSPS) is 11.5. The van der Waals surface area contributed by atoms with Crippen molar-refractivity contribution in [3.63, 3.8) is 0 Å². The Bertz CT molecular complexity index is 515. The molecule has 0 amide bonds. The first-order valence-corrected chi connectivity index (χ1v) is 6.57. The molecule has 110 valence electrons. The number of nitrogens with zero attached hydrogens (tertiary/aromatic N) is 1. The molecule has 0 N–H and O–H groups in total. The van der Waals surface area contributed by atoms with Gasteiger partial charge < -0.3 is 4.74 Å². The quantitative estimate of drug-likeness (QED) is 0.477. The van der Waals surface area contributed by atoms with Crippen molar-refractivity contribution < 1.29 is 14.5 Å². The second-order valence-corrected chi connectivity index (χ2v) is 6.13. The van der Waals surface area contributed by atoms with Crippen molar-refractivity contribution in [2.45, 2.75) is 47.1 Å². The predicted molar refractivity (Wildman–Crippen MR) is 76.4 cm³/mol. The maximum atomic E-state index is 11.7. The Kier molecular flexibility index (Phi) is 4.87. The molecule has 0 bridgehead atoms. The summed E-state index contributed by atoms with van der Waals surface area (Å²) in [5.74, 6) is -0.116. The number of hydrogen-bond donors (Lipinski definition) is 0. The molecular weight excluding hydrogens is 258 g/mol. The predicted octanol–water partition coefficient (Wildman–Crippen LogP) is 3.81. The molecule has 0 spiro atoms. The zero-order valence-corrected chi connectivity index (χ0v) is 12.6. The molecule has 0 saturated carbocycles. The molecule has 0 heterocycles. The average molecular weight is 279 g/mol. The van der Waals surface area contributed by atoms with Crippen molar-refractivity contribution >= 4 is 11.7 Å². The fraction of sp³-hybridized carbons (Fsp3) is 0.533. The second-order valence-electron chi connectivity index (χ2n) is 6.13. The summed E-state index contributed by atoms with van der Waals surface area (Å²) in [5, 5.41) is 11.0. The van der Waals surface area contributed by atoms with Crippen molar-refractivity contribution in [1.82, 2.24) is 0 Å². The molecule has 0 unspecified atom stereocenters. The van der Waals surface area contributed by atoms with Crippen LogP contribution >= 0.6 is 0 Å². The zero-order chi connectivity index (χ0) is 15.5. The van der Waals surface area contributed by atoms with Crippen LogP contribution in [0.25, 0.3) is 0 Å². The molecule has 5 heteroatoms. The van der Waals surface area contributed by atoms with E-state index in [4.69, 9.17) is 4.74 Å². The zero-order valence-electron chi connectivity index (χ0n) is 12.6. The van der Waals surface area contributed by atoms with Gasteiger partial charge in [-0.25, -0.2) is 0 Å². The summed E-state index contributed by atoms with van der Waals surface area (Å²) in [6.07, 6.45) is 0. The third kappa shape index (κ3) is 4.05. The first kappa shape index (κ1) is 16.1. The van der Waals surface area contributed by atoms with Crippen LogP contribution in [0.3, 0.4) is 0 Å². The van der Waals surface area contributed by atoms with Crippen LogP contribution in [0.15, 0.2) is 18.2 Å². The molecule has 0 saturated heterocycles. The van der Waals surface area contributed by atoms with E-state index in [1.54, 1.807) is 32.9 Å². The Morgan fingerprint density at radius 3 is 2.40 bits per heavy atom. The van der Waals surface area contributed by atoms with Gasteiger partial charge in [-0.2, -0.15) is 0 Å². The Labute approximate surface area is 119 Å². The maximum absolute atomic E-state index is 11.7. The molecular formula is C15H21NO4. The lowest BCUT2D eigenvalue weighted by Gasteiger charge is -2.17. The highest BCUT2D eigenvalue weighted by Crippen LogP contribution is 2.26. The number of nitro groups is 1. The van der Waals surface area contributed by atoms with E-state index in [-0.39, 0.29) is 24.2 Å². The van der Waals surface area contributed by atoms with Gasteiger partial charge in [0, 0.05) is 6.07 Å². The molecule has 0 aliphatic carbocycles. The van der Waals surface area contributed by atoms with Gasteiger partial charge in [0.15, 0.2) is 0 Å². The van der Waals surface area contributed by atoms with E-state index >= 15 is 0 Å². The summed E-state index contributed by atoms with van der Waals surface area (Å²) in [4.78, 5) is 22.3. The highest BCUT2D eigenvalue weighted by molar-refractivity contribution is 5.75. The molecule has 0 radical (unpaired) electrons. The van der Waals surface area contributed by atoms with Gasteiger partial charge in [-0.3, -0.25) is 14.9 Å². The fourth-order valence-corrected chi connectivity index (χ4v) is 1.62. The number of carbonyl (C=O) groups excluding carboxylic acids is 1. The lowest BCUT2D eigenvalue weighted by atomic mass is 9.97. The SMILES string of the molecule is CC(C)c1ccc([N+](=O)[O-])c(COC(=O)C(C)(C)C)c1. The third-order valence-electron chi connectivity index (χ3n) is 2.94. The first-order chi connectivity index (χ1) is 9.12. The lowest BCUT2D eigenvalue weighted by Crippen LogP contribution is -2.22. The van der Waals surface area contributed by atoms with Crippen LogP contribution in [0, 0.1) is 15.5 Å². The van der Waals surface area contributed by atoms with E-state index in [1.807, 2.05) is 13.8 Å². The van der Waals surface area contributed by atoms with Gasteiger partial charge in [0.25, 0.3) is 5.69 Å². The largest absolute Gasteiger partial charge is 0.460 e. The maximum Gasteiger partial charge on any atom is 0.311 e. The van der Waals surface area contributed by atoms with Crippen molar-refractivity contribution in [3.8, 4) is 0 Å². The minimum absolute atomic E-state index is 0.0175. The van der Waals surface area contributed by atoms with E-state index in [2.05, 4.69) is 0 Å². The van der Waals surface area contributed by atoms with Crippen LogP contribution in [0.1, 0.15) is 51.7 Å². The molecule has 20 heavy (non-hydrogen) atoms. The summed E-state index contributed by atoms with van der Waals surface area (Å²) in [6, 6.07) is 4.94. The Morgan fingerprint density at radius 1 is 1.35 bits per heavy atom. The number of hydrogen-bond acceptors (Lipinski definition) is 4. The summed E-state index contributed by atoms with van der Waals surface area (Å²) in [6.45, 7) is 9.17. The van der Waals surface area contributed by atoms with Crippen LogP contribution < -0.4 is 0 Å². The Hall–Kier alpha value is -1.91. The average Bonchev–Trinajstić information content (AvgIpc) is 2.33. The molecule has 1 rings (SSSR count). The molecule has 0 atom stereocenters. The monoisotopic (exact) mass is 279 g/mol. The number of benzene rings is 1. The number of esters is 1. The summed E-state index contributed by atoms with van der Waals surface area (Å²) in [7, 11) is 0. The number of ether oxygens (including phenoxy) is 1. The van der Waals surface area contributed by atoms with Gasteiger partial charge in [0.1, 0.15) is 6.61 Å². The number of nitro benzene ring substituents is 1. The van der Waals surface area contributed by atoms with Gasteiger partial charge in [0.05, 0.1) is 15.9 Å². The van der Waals surface area contributed by atoms with Gasteiger partial charge in [-0.1, -0.05) is 19.9 Å². The number of carbonyl (C=O) groups is 1. The van der Waals surface area contributed by atoms with Crippen LogP contribution in [-0.2, 0) is 16.1 Å². The fourth-order valence-electron chi connectivity index (χ4n) is 1.62. The third-order valence-corrected chi connectivity index (χ3v) is 2.94. The van der Waals surface area contributed by atoms with Crippen molar-refractivity contribution in [3.05, 3.63) is 39.4 Å². The lowest BCUT2D eigenvalue weighted by molar-refractivity contribution is -0.385. The molecule has 1 aromatic carbocycles. The van der Waals surface area contributed by atoms with Crippen LogP contribution in [0.2, 0.25) is 0 Å². The highest BCUT2D eigenvalue weighted by Gasteiger charge is 2.24. The van der Waals surface area contributed by atoms with E-state index in [9.17, 15) is 14.9 Å². The molecule has 5 nitrogen and oxygen atoms in total. The number of rotatable bonds is 4.